The number of para-hydroxylation sites is 1. The summed E-state index contributed by atoms with van der Waals surface area (Å²) in [5.41, 5.74) is 5.96. The molecule has 0 saturated heterocycles. The lowest BCUT2D eigenvalue weighted by molar-refractivity contribution is 0.428. The van der Waals surface area contributed by atoms with Crippen molar-refractivity contribution in [1.82, 2.24) is 0 Å². The third kappa shape index (κ3) is 4.34. The first kappa shape index (κ1) is 20.7. The highest BCUT2D eigenvalue weighted by Crippen LogP contribution is 2.40. The summed E-state index contributed by atoms with van der Waals surface area (Å²) >= 11 is 0.491. The van der Waals surface area contributed by atoms with Gasteiger partial charge < -0.3 is 10.6 Å². The molecule has 3 rings (SSSR count). The third-order valence-electron chi connectivity index (χ3n) is 3.96. The molecule has 3 aromatic carbocycles. The van der Waals surface area contributed by atoms with Crippen LogP contribution in [0.2, 0.25) is 0 Å². The van der Waals surface area contributed by atoms with Gasteiger partial charge in [0.05, 0.1) is 10.6 Å². The molecule has 0 atom stereocenters. The molecule has 0 unspecified atom stereocenters. The molecule has 0 spiro atoms. The molecule has 0 bridgehead atoms. The van der Waals surface area contributed by atoms with Gasteiger partial charge >= 0.3 is 0 Å². The molecule has 0 saturated carbocycles. The van der Waals surface area contributed by atoms with Gasteiger partial charge in [0.2, 0.25) is 0 Å². The summed E-state index contributed by atoms with van der Waals surface area (Å²) in [6.07, 6.45) is 0. The fraction of sp³-hybridized carbons (Fsp3) is 0.100. The summed E-state index contributed by atoms with van der Waals surface area (Å²) in [5, 5.41) is 7.06. The Kier molecular flexibility index (Phi) is 6.07. The van der Waals surface area contributed by atoms with Crippen molar-refractivity contribution in [1.29, 1.82) is 0 Å². The summed E-state index contributed by atoms with van der Waals surface area (Å²) in [5.74, 6) is -6.38. The number of azo groups is 1. The van der Waals surface area contributed by atoms with E-state index in [0.717, 1.165) is 5.69 Å². The number of halogens is 4. The van der Waals surface area contributed by atoms with Gasteiger partial charge in [-0.2, -0.15) is 5.11 Å². The maximum Gasteiger partial charge on any atom is 0.190 e. The molecule has 0 aromatic heterocycles. The van der Waals surface area contributed by atoms with Crippen molar-refractivity contribution in [3.05, 3.63) is 71.8 Å². The smallest absolute Gasteiger partial charge is 0.190 e. The molecule has 0 aliphatic heterocycles. The van der Waals surface area contributed by atoms with Gasteiger partial charge in [0.25, 0.3) is 0 Å². The van der Waals surface area contributed by atoms with Gasteiger partial charge in [-0.05, 0) is 36.4 Å². The Morgan fingerprint density at radius 3 is 1.93 bits per heavy atom. The molecule has 0 aliphatic rings. The third-order valence-corrected chi connectivity index (χ3v) is 5.12. The monoisotopic (exact) mass is 420 g/mol. The molecule has 3 aromatic rings. The van der Waals surface area contributed by atoms with E-state index in [1.54, 1.807) is 36.4 Å². The van der Waals surface area contributed by atoms with E-state index in [9.17, 15) is 17.6 Å². The van der Waals surface area contributed by atoms with E-state index >= 15 is 0 Å². The average molecular weight is 420 g/mol. The molecule has 4 nitrogen and oxygen atoms in total. The molecule has 150 valence electrons. The normalized spacial score (nSPS) is 11.2. The van der Waals surface area contributed by atoms with Crippen LogP contribution in [0.4, 0.5) is 40.3 Å². The number of hydrogen-bond acceptors (Lipinski definition) is 5. The van der Waals surface area contributed by atoms with Crippen LogP contribution in [-0.4, -0.2) is 14.1 Å². The number of nitrogen functional groups attached to an aromatic ring is 1. The first-order valence-electron chi connectivity index (χ1n) is 8.37. The fourth-order valence-electron chi connectivity index (χ4n) is 2.39. The molecule has 0 fully saturated rings. The Morgan fingerprint density at radius 2 is 1.38 bits per heavy atom. The van der Waals surface area contributed by atoms with Gasteiger partial charge in [0.15, 0.2) is 29.0 Å². The van der Waals surface area contributed by atoms with E-state index < -0.39 is 33.9 Å². The van der Waals surface area contributed by atoms with Crippen molar-refractivity contribution < 1.29 is 17.6 Å². The van der Waals surface area contributed by atoms with Crippen molar-refractivity contribution in [3.8, 4) is 0 Å². The second kappa shape index (κ2) is 8.52. The maximum atomic E-state index is 14.4. The van der Waals surface area contributed by atoms with Crippen LogP contribution in [0.1, 0.15) is 0 Å². The zero-order chi connectivity index (χ0) is 21.1. The van der Waals surface area contributed by atoms with E-state index in [2.05, 4.69) is 10.2 Å². The highest BCUT2D eigenvalue weighted by atomic mass is 32.2. The highest BCUT2D eigenvalue weighted by Gasteiger charge is 2.26. The fourth-order valence-corrected chi connectivity index (χ4v) is 3.30. The highest BCUT2D eigenvalue weighted by molar-refractivity contribution is 7.99. The second-order valence-corrected chi connectivity index (χ2v) is 7.24. The zero-order valence-corrected chi connectivity index (χ0v) is 16.3. The summed E-state index contributed by atoms with van der Waals surface area (Å²) < 4.78 is 57.7. The topological polar surface area (TPSA) is 54.0 Å². The molecule has 29 heavy (non-hydrogen) atoms. The SMILES string of the molecule is CN(C)c1ccc(N=Nc2c(F)c(F)c(Sc3ccccc3N)c(F)c2F)cc1. The average Bonchev–Trinajstić information content (AvgIpc) is 2.71. The number of anilines is 2. The Labute approximate surface area is 169 Å². The van der Waals surface area contributed by atoms with Gasteiger partial charge in [-0.25, -0.2) is 17.6 Å². The van der Waals surface area contributed by atoms with E-state index in [-0.39, 0.29) is 16.3 Å². The Balaban J connectivity index is 1.96. The zero-order valence-electron chi connectivity index (χ0n) is 15.5. The van der Waals surface area contributed by atoms with E-state index in [1.165, 1.54) is 12.1 Å². The Hall–Kier alpha value is -3.07. The van der Waals surface area contributed by atoms with Gasteiger partial charge in [-0.3, -0.25) is 0 Å². The molecular weight excluding hydrogens is 404 g/mol. The quantitative estimate of drug-likeness (QED) is 0.223. The van der Waals surface area contributed by atoms with Crippen LogP contribution in [0.3, 0.4) is 0 Å². The van der Waals surface area contributed by atoms with Crippen LogP contribution in [0.25, 0.3) is 0 Å². The van der Waals surface area contributed by atoms with E-state index in [1.807, 2.05) is 19.0 Å². The summed E-state index contributed by atoms with van der Waals surface area (Å²) in [4.78, 5) is 1.27. The molecule has 2 N–H and O–H groups in total. The van der Waals surface area contributed by atoms with Crippen molar-refractivity contribution >= 4 is 34.5 Å². The minimum Gasteiger partial charge on any atom is -0.398 e. The van der Waals surface area contributed by atoms with Crippen molar-refractivity contribution in [3.63, 3.8) is 0 Å². The van der Waals surface area contributed by atoms with Crippen molar-refractivity contribution in [2.45, 2.75) is 9.79 Å². The summed E-state index contributed by atoms with van der Waals surface area (Å²) in [6, 6.07) is 12.8. The van der Waals surface area contributed by atoms with Crippen molar-refractivity contribution in [2.24, 2.45) is 10.2 Å². The number of benzene rings is 3. The van der Waals surface area contributed by atoms with Crippen LogP contribution in [-0.2, 0) is 0 Å². The van der Waals surface area contributed by atoms with Crippen LogP contribution in [0.5, 0.6) is 0 Å². The first-order chi connectivity index (χ1) is 13.8. The van der Waals surface area contributed by atoms with Crippen LogP contribution >= 0.6 is 11.8 Å². The number of nitrogens with two attached hydrogens (primary N) is 1. The molecule has 0 heterocycles. The van der Waals surface area contributed by atoms with Gasteiger partial charge in [-0.1, -0.05) is 23.9 Å². The Morgan fingerprint density at radius 1 is 0.793 bits per heavy atom. The predicted molar refractivity (Wildman–Crippen MR) is 106 cm³/mol. The van der Waals surface area contributed by atoms with E-state index in [0.29, 0.717) is 11.8 Å². The van der Waals surface area contributed by atoms with E-state index in [4.69, 9.17) is 5.73 Å². The Bertz CT molecular complexity index is 1040. The molecule has 0 aliphatic carbocycles. The van der Waals surface area contributed by atoms with Crippen molar-refractivity contribution in [2.75, 3.05) is 24.7 Å². The molecule has 0 radical (unpaired) electrons. The minimum absolute atomic E-state index is 0.224. The number of hydrogen-bond donors (Lipinski definition) is 1. The lowest BCUT2D eigenvalue weighted by atomic mass is 10.2. The standard InChI is InChI=1S/C20H16F4N4S/c1-28(2)12-9-7-11(8-10-12)26-27-19-15(21)17(23)20(18(24)16(19)22)29-14-6-4-3-5-13(14)25/h3-10H,25H2,1-2H3. The predicted octanol–water partition coefficient (Wildman–Crippen LogP) is 6.46. The van der Waals surface area contributed by atoms with Gasteiger partial charge in [0.1, 0.15) is 0 Å². The molecule has 9 heteroatoms. The largest absolute Gasteiger partial charge is 0.398 e. The van der Waals surface area contributed by atoms with Gasteiger partial charge in [0, 0.05) is 30.4 Å². The second-order valence-electron chi connectivity index (χ2n) is 6.18. The lowest BCUT2D eigenvalue weighted by Gasteiger charge is -2.11. The lowest BCUT2D eigenvalue weighted by Crippen LogP contribution is -2.07. The number of rotatable bonds is 5. The minimum atomic E-state index is -1.63. The summed E-state index contributed by atoms with van der Waals surface area (Å²) in [7, 11) is 3.69. The van der Waals surface area contributed by atoms with Crippen LogP contribution in [0.15, 0.2) is 68.6 Å². The molecular formula is C20H16F4N4S. The number of nitrogens with zero attached hydrogens (tertiary/aromatic N) is 3. The summed E-state index contributed by atoms with van der Waals surface area (Å²) in [6.45, 7) is 0. The molecule has 0 amide bonds. The first-order valence-corrected chi connectivity index (χ1v) is 9.18. The van der Waals surface area contributed by atoms with Gasteiger partial charge in [-0.15, -0.1) is 5.11 Å². The van der Waals surface area contributed by atoms with Crippen LogP contribution in [0, 0.1) is 23.3 Å². The maximum absolute atomic E-state index is 14.4. The van der Waals surface area contributed by atoms with Crippen LogP contribution < -0.4 is 10.6 Å².